The van der Waals surface area contributed by atoms with Crippen molar-refractivity contribution in [2.75, 3.05) is 23.9 Å². The summed E-state index contributed by atoms with van der Waals surface area (Å²) >= 11 is 0. The second kappa shape index (κ2) is 8.88. The van der Waals surface area contributed by atoms with Crippen LogP contribution in [0.15, 0.2) is 42.5 Å². The summed E-state index contributed by atoms with van der Waals surface area (Å²) in [5, 5.41) is 2.63. The number of hydrogen-bond acceptors (Lipinski definition) is 4. The number of hydrogen-bond donors (Lipinski definition) is 1. The Morgan fingerprint density at radius 1 is 1.04 bits per heavy atom. The highest BCUT2D eigenvalue weighted by molar-refractivity contribution is 5.95. The highest BCUT2D eigenvalue weighted by Gasteiger charge is 2.15. The second-order valence-corrected chi connectivity index (χ2v) is 5.64. The lowest BCUT2D eigenvalue weighted by Gasteiger charge is -2.21. The van der Waals surface area contributed by atoms with Gasteiger partial charge >= 0.3 is 5.97 Å². The Morgan fingerprint density at radius 3 is 2.26 bits per heavy atom. The normalized spacial score (nSPS) is 10.2. The Labute approximate surface area is 154 Å². The van der Waals surface area contributed by atoms with Gasteiger partial charge in [-0.25, -0.2) is 13.6 Å². The minimum atomic E-state index is -1.08. The molecule has 2 amide bonds. The number of carbonyl (C=O) groups is 3. The van der Waals surface area contributed by atoms with Crippen LogP contribution in [0.5, 0.6) is 0 Å². The van der Waals surface area contributed by atoms with E-state index in [0.29, 0.717) is 11.3 Å². The van der Waals surface area contributed by atoms with Gasteiger partial charge in [-0.05, 0) is 36.4 Å². The van der Waals surface area contributed by atoms with Crippen molar-refractivity contribution in [1.29, 1.82) is 0 Å². The molecule has 0 unspecified atom stereocenters. The van der Waals surface area contributed by atoms with Crippen LogP contribution in [0.4, 0.5) is 20.2 Å². The molecule has 0 bridgehead atoms. The van der Waals surface area contributed by atoms with Gasteiger partial charge in [-0.15, -0.1) is 0 Å². The van der Waals surface area contributed by atoms with E-state index in [4.69, 9.17) is 0 Å². The van der Waals surface area contributed by atoms with Crippen molar-refractivity contribution in [3.63, 3.8) is 0 Å². The van der Waals surface area contributed by atoms with Gasteiger partial charge in [-0.3, -0.25) is 9.59 Å². The lowest BCUT2D eigenvalue weighted by molar-refractivity contribution is -0.117. The van der Waals surface area contributed by atoms with Crippen molar-refractivity contribution in [3.8, 4) is 0 Å². The van der Waals surface area contributed by atoms with Gasteiger partial charge in [-0.2, -0.15) is 0 Å². The van der Waals surface area contributed by atoms with Crippen LogP contribution in [0.25, 0.3) is 0 Å². The number of anilines is 2. The third-order valence-electron chi connectivity index (χ3n) is 3.75. The van der Waals surface area contributed by atoms with Gasteiger partial charge in [0.1, 0.15) is 0 Å². The van der Waals surface area contributed by atoms with E-state index in [1.54, 1.807) is 12.1 Å². The maximum atomic E-state index is 13.4. The summed E-state index contributed by atoms with van der Waals surface area (Å²) in [4.78, 5) is 36.4. The number of amides is 2. The van der Waals surface area contributed by atoms with Crippen molar-refractivity contribution in [3.05, 3.63) is 59.7 Å². The van der Waals surface area contributed by atoms with Gasteiger partial charge in [0, 0.05) is 37.3 Å². The van der Waals surface area contributed by atoms with E-state index in [-0.39, 0.29) is 24.6 Å². The van der Waals surface area contributed by atoms with Crippen LogP contribution in [0.2, 0.25) is 0 Å². The second-order valence-electron chi connectivity index (χ2n) is 5.64. The predicted octanol–water partition coefficient (Wildman–Crippen LogP) is 3.13. The molecule has 0 radical (unpaired) electrons. The third kappa shape index (κ3) is 5.34. The van der Waals surface area contributed by atoms with Crippen LogP contribution in [-0.4, -0.2) is 31.4 Å². The molecule has 0 fully saturated rings. The minimum Gasteiger partial charge on any atom is -0.465 e. The average molecular weight is 376 g/mol. The van der Waals surface area contributed by atoms with Crippen LogP contribution in [-0.2, 0) is 14.3 Å². The first-order valence-electron chi connectivity index (χ1n) is 8.03. The molecule has 142 valence electrons. The van der Waals surface area contributed by atoms with Crippen molar-refractivity contribution >= 4 is 29.2 Å². The summed E-state index contributed by atoms with van der Waals surface area (Å²) in [5.41, 5.74) is 0.975. The van der Waals surface area contributed by atoms with E-state index in [1.807, 2.05) is 0 Å². The van der Waals surface area contributed by atoms with Crippen molar-refractivity contribution in [1.82, 2.24) is 0 Å². The molecular formula is C19H18F2N2O4. The summed E-state index contributed by atoms with van der Waals surface area (Å²) in [6, 6.07) is 9.19. The zero-order valence-corrected chi connectivity index (χ0v) is 14.8. The first-order valence-corrected chi connectivity index (χ1v) is 8.03. The Kier molecular flexibility index (Phi) is 6.59. The maximum absolute atomic E-state index is 13.4. The summed E-state index contributed by atoms with van der Waals surface area (Å²) in [5.74, 6) is -3.37. The molecule has 2 aromatic carbocycles. The largest absolute Gasteiger partial charge is 0.465 e. The zero-order chi connectivity index (χ0) is 20.0. The van der Waals surface area contributed by atoms with Crippen molar-refractivity contribution in [2.24, 2.45) is 0 Å². The topological polar surface area (TPSA) is 75.7 Å². The number of carbonyl (C=O) groups excluding carboxylic acids is 3. The number of nitrogens with zero attached hydrogens (tertiary/aromatic N) is 1. The van der Waals surface area contributed by atoms with Gasteiger partial charge in [0.25, 0.3) is 0 Å². The van der Waals surface area contributed by atoms with Gasteiger partial charge in [-0.1, -0.05) is 0 Å². The number of methoxy groups -OCH3 is 1. The standard InChI is InChI=1S/C19H18F2N2O4/c1-12(24)23(15-7-8-16(20)17(21)11-15)10-9-18(25)22-14-5-3-13(4-6-14)19(26)27-2/h3-8,11H,9-10H2,1-2H3,(H,22,25). The third-order valence-corrected chi connectivity index (χ3v) is 3.75. The molecule has 0 atom stereocenters. The maximum Gasteiger partial charge on any atom is 0.337 e. The molecule has 6 nitrogen and oxygen atoms in total. The van der Waals surface area contributed by atoms with Crippen LogP contribution < -0.4 is 10.2 Å². The lowest BCUT2D eigenvalue weighted by atomic mass is 10.2. The SMILES string of the molecule is COC(=O)c1ccc(NC(=O)CCN(C(C)=O)c2ccc(F)c(F)c2)cc1. The average Bonchev–Trinajstić information content (AvgIpc) is 2.64. The molecule has 0 spiro atoms. The molecular weight excluding hydrogens is 358 g/mol. The summed E-state index contributed by atoms with van der Waals surface area (Å²) in [6.07, 6.45) is -0.0582. The molecule has 2 aromatic rings. The summed E-state index contributed by atoms with van der Waals surface area (Å²) in [6.45, 7) is 1.26. The van der Waals surface area contributed by atoms with Crippen LogP contribution in [0, 0.1) is 11.6 Å². The molecule has 0 aliphatic heterocycles. The van der Waals surface area contributed by atoms with Gasteiger partial charge in [0.2, 0.25) is 11.8 Å². The lowest BCUT2D eigenvalue weighted by Crippen LogP contribution is -2.32. The van der Waals surface area contributed by atoms with E-state index in [0.717, 1.165) is 12.1 Å². The Morgan fingerprint density at radius 2 is 1.70 bits per heavy atom. The minimum absolute atomic E-state index is 0.00746. The quantitative estimate of drug-likeness (QED) is 0.786. The molecule has 0 saturated heterocycles. The zero-order valence-electron chi connectivity index (χ0n) is 14.8. The monoisotopic (exact) mass is 376 g/mol. The van der Waals surface area contributed by atoms with E-state index in [9.17, 15) is 23.2 Å². The number of nitrogens with one attached hydrogen (secondary N) is 1. The molecule has 0 aliphatic rings. The molecule has 0 heterocycles. The fourth-order valence-corrected chi connectivity index (χ4v) is 2.37. The molecule has 0 aromatic heterocycles. The molecule has 2 rings (SSSR count). The number of esters is 1. The van der Waals surface area contributed by atoms with E-state index >= 15 is 0 Å². The Bertz CT molecular complexity index is 853. The summed E-state index contributed by atoms with van der Waals surface area (Å²) in [7, 11) is 1.27. The van der Waals surface area contributed by atoms with E-state index in [2.05, 4.69) is 10.1 Å². The Balaban J connectivity index is 1.98. The molecule has 0 saturated carbocycles. The molecule has 27 heavy (non-hydrogen) atoms. The first kappa shape index (κ1) is 20.0. The van der Waals surface area contributed by atoms with Crippen LogP contribution in [0.3, 0.4) is 0 Å². The van der Waals surface area contributed by atoms with Crippen LogP contribution in [0.1, 0.15) is 23.7 Å². The van der Waals surface area contributed by atoms with Crippen molar-refractivity contribution in [2.45, 2.75) is 13.3 Å². The Hall–Kier alpha value is -3.29. The smallest absolute Gasteiger partial charge is 0.337 e. The predicted molar refractivity (Wildman–Crippen MR) is 95.4 cm³/mol. The fourth-order valence-electron chi connectivity index (χ4n) is 2.37. The molecule has 0 aliphatic carbocycles. The number of rotatable bonds is 6. The van der Waals surface area contributed by atoms with Gasteiger partial charge < -0.3 is 15.0 Å². The highest BCUT2D eigenvalue weighted by Crippen LogP contribution is 2.19. The number of benzene rings is 2. The number of halogens is 2. The summed E-state index contributed by atoms with van der Waals surface area (Å²) < 4.78 is 31.0. The fraction of sp³-hybridized carbons (Fsp3) is 0.211. The van der Waals surface area contributed by atoms with Crippen LogP contribution >= 0.6 is 0 Å². The molecule has 8 heteroatoms. The first-order chi connectivity index (χ1) is 12.8. The van der Waals surface area contributed by atoms with Crippen molar-refractivity contribution < 1.29 is 27.9 Å². The van der Waals surface area contributed by atoms with Gasteiger partial charge in [0.15, 0.2) is 11.6 Å². The van der Waals surface area contributed by atoms with E-state index < -0.39 is 23.5 Å². The highest BCUT2D eigenvalue weighted by atomic mass is 19.2. The molecule has 1 N–H and O–H groups in total. The number of ether oxygens (including phenoxy) is 1. The van der Waals surface area contributed by atoms with E-state index in [1.165, 1.54) is 37.1 Å². The van der Waals surface area contributed by atoms with Gasteiger partial charge in [0.05, 0.1) is 12.7 Å².